The summed E-state index contributed by atoms with van der Waals surface area (Å²) in [5.74, 6) is 1.31. The highest BCUT2D eigenvalue weighted by atomic mass is 16.6. The molecule has 47 heavy (non-hydrogen) atoms. The van der Waals surface area contributed by atoms with Gasteiger partial charge in [0.1, 0.15) is 5.60 Å². The molecule has 1 saturated heterocycles. The van der Waals surface area contributed by atoms with Crippen LogP contribution in [0.4, 0.5) is 10.5 Å². The number of amides is 3. The zero-order valence-electron chi connectivity index (χ0n) is 28.5. The highest BCUT2D eigenvalue weighted by molar-refractivity contribution is 5.84. The molecule has 1 heterocycles. The Kier molecular flexibility index (Phi) is 11.6. The third-order valence-electron chi connectivity index (χ3n) is 8.37. The molecule has 1 fully saturated rings. The number of piperidine rings is 1. The quantitative estimate of drug-likeness (QED) is 0.315. The first-order valence-electron chi connectivity index (χ1n) is 16.1. The van der Waals surface area contributed by atoms with Crippen molar-refractivity contribution in [3.05, 3.63) is 45.6 Å². The summed E-state index contributed by atoms with van der Waals surface area (Å²) in [6, 6.07) is 6.67. The minimum atomic E-state index is -0.561. The number of nitrogens with zero attached hydrogens (tertiary/aromatic N) is 1. The fourth-order valence-electron chi connectivity index (χ4n) is 6.22. The van der Waals surface area contributed by atoms with Gasteiger partial charge in [0.25, 0.3) is 0 Å². The molecule has 1 aliphatic carbocycles. The molecule has 2 aliphatic rings. The van der Waals surface area contributed by atoms with Gasteiger partial charge in [-0.15, -0.1) is 0 Å². The van der Waals surface area contributed by atoms with Crippen LogP contribution < -0.4 is 35.6 Å². The van der Waals surface area contributed by atoms with Crippen molar-refractivity contribution in [1.82, 2.24) is 15.5 Å². The Morgan fingerprint density at radius 2 is 1.64 bits per heavy atom. The van der Waals surface area contributed by atoms with Gasteiger partial charge in [-0.1, -0.05) is 6.07 Å². The third kappa shape index (κ3) is 8.87. The number of nitrogens with one attached hydrogen (secondary N) is 3. The van der Waals surface area contributed by atoms with Gasteiger partial charge in [-0.05, 0) is 87.8 Å². The average molecular weight is 653 g/mol. The SMILES string of the molecule is COc1cc2c(c(OC)c1OC)-c1ccc(NCCCC(=O)N3CCC(NC(=O)OC(C)(C)C)CC3)c(=O)cc1[C@H](NC(C)=O)CC2. The molecule has 0 unspecified atom stereocenters. The number of carbonyl (C=O) groups excluding carboxylic acids is 3. The van der Waals surface area contributed by atoms with Gasteiger partial charge < -0.3 is 39.8 Å². The molecule has 0 aromatic heterocycles. The molecule has 2 aromatic rings. The lowest BCUT2D eigenvalue weighted by atomic mass is 9.95. The summed E-state index contributed by atoms with van der Waals surface area (Å²) in [4.78, 5) is 52.5. The average Bonchev–Trinajstić information content (AvgIpc) is 3.25. The number of hydrogen-bond donors (Lipinski definition) is 3. The maximum absolute atomic E-state index is 13.5. The van der Waals surface area contributed by atoms with Crippen LogP contribution in [0.2, 0.25) is 0 Å². The Morgan fingerprint density at radius 1 is 0.936 bits per heavy atom. The van der Waals surface area contributed by atoms with E-state index in [1.165, 1.54) is 6.92 Å². The van der Waals surface area contributed by atoms with Crippen LogP contribution in [0.25, 0.3) is 11.1 Å². The van der Waals surface area contributed by atoms with Crippen LogP contribution in [0.5, 0.6) is 17.2 Å². The maximum atomic E-state index is 13.5. The first-order valence-corrected chi connectivity index (χ1v) is 16.1. The summed E-state index contributed by atoms with van der Waals surface area (Å²) in [6.07, 6.45) is 2.94. The number of rotatable bonds is 10. The molecule has 0 saturated carbocycles. The molecule has 0 spiro atoms. The van der Waals surface area contributed by atoms with E-state index in [0.717, 1.165) is 16.7 Å². The number of aryl methyl sites for hydroxylation is 1. The number of ether oxygens (including phenoxy) is 4. The minimum Gasteiger partial charge on any atom is -0.493 e. The second kappa shape index (κ2) is 15.4. The van der Waals surface area contributed by atoms with E-state index in [1.54, 1.807) is 33.5 Å². The number of methoxy groups -OCH3 is 3. The predicted octanol–water partition coefficient (Wildman–Crippen LogP) is 4.57. The normalized spacial score (nSPS) is 16.1. The van der Waals surface area contributed by atoms with E-state index < -0.39 is 17.7 Å². The van der Waals surface area contributed by atoms with Crippen molar-refractivity contribution < 1.29 is 33.3 Å². The molecule has 256 valence electrons. The van der Waals surface area contributed by atoms with E-state index in [9.17, 15) is 19.2 Å². The Hall–Kier alpha value is -4.48. The van der Waals surface area contributed by atoms with Crippen LogP contribution >= 0.6 is 0 Å². The molecule has 4 rings (SSSR count). The Morgan fingerprint density at radius 3 is 2.26 bits per heavy atom. The maximum Gasteiger partial charge on any atom is 0.407 e. The molecule has 2 aromatic carbocycles. The summed E-state index contributed by atoms with van der Waals surface area (Å²) in [7, 11) is 4.68. The number of hydrogen-bond acceptors (Lipinski definition) is 9. The summed E-state index contributed by atoms with van der Waals surface area (Å²) in [6.45, 7) is 8.48. The van der Waals surface area contributed by atoms with Crippen LogP contribution in [0.3, 0.4) is 0 Å². The second-order valence-corrected chi connectivity index (χ2v) is 12.9. The molecular weight excluding hydrogens is 604 g/mol. The van der Waals surface area contributed by atoms with Crippen LogP contribution in [0, 0.1) is 0 Å². The largest absolute Gasteiger partial charge is 0.493 e. The van der Waals surface area contributed by atoms with Gasteiger partial charge in [-0.25, -0.2) is 4.79 Å². The monoisotopic (exact) mass is 652 g/mol. The topological polar surface area (TPSA) is 145 Å². The third-order valence-corrected chi connectivity index (χ3v) is 8.37. The smallest absolute Gasteiger partial charge is 0.407 e. The van der Waals surface area contributed by atoms with Gasteiger partial charge in [0.2, 0.25) is 23.0 Å². The van der Waals surface area contributed by atoms with Crippen molar-refractivity contribution in [1.29, 1.82) is 0 Å². The molecule has 3 amide bonds. The van der Waals surface area contributed by atoms with Crippen molar-refractivity contribution in [2.75, 3.05) is 46.3 Å². The summed E-state index contributed by atoms with van der Waals surface area (Å²) < 4.78 is 22.4. The Balaban J connectivity index is 1.46. The first kappa shape index (κ1) is 35.4. The number of likely N-dealkylation sites (tertiary alicyclic amines) is 1. The lowest BCUT2D eigenvalue weighted by Crippen LogP contribution is -2.47. The summed E-state index contributed by atoms with van der Waals surface area (Å²) in [5.41, 5.74) is 2.77. The van der Waals surface area contributed by atoms with Crippen LogP contribution in [0.1, 0.15) is 77.0 Å². The predicted molar refractivity (Wildman–Crippen MR) is 179 cm³/mol. The lowest BCUT2D eigenvalue weighted by molar-refractivity contribution is -0.132. The zero-order valence-corrected chi connectivity index (χ0v) is 28.5. The van der Waals surface area contributed by atoms with E-state index in [0.29, 0.717) is 86.7 Å². The molecule has 1 atom stereocenters. The van der Waals surface area contributed by atoms with Gasteiger partial charge in [-0.3, -0.25) is 14.4 Å². The fraction of sp³-hybridized carbons (Fsp3) is 0.543. The highest BCUT2D eigenvalue weighted by Gasteiger charge is 2.30. The highest BCUT2D eigenvalue weighted by Crippen LogP contribution is 2.50. The Labute approximate surface area is 276 Å². The lowest BCUT2D eigenvalue weighted by Gasteiger charge is -2.33. The molecule has 0 bridgehead atoms. The molecular formula is C35H48N4O8. The molecule has 3 N–H and O–H groups in total. The van der Waals surface area contributed by atoms with Gasteiger partial charge >= 0.3 is 6.09 Å². The standard InChI is InChI=1S/C35H48N4O8/c1-21(40)37-26-12-10-22-19-29(44-5)32(45-6)33(46-7)31(22)24-11-13-27(28(41)20-25(24)26)36-16-8-9-30(42)39-17-14-23(15-18-39)38-34(43)47-35(2,3)4/h11,13,19-20,23,26H,8-10,12,14-18H2,1-7H3,(H,36,41)(H,37,40)(H,38,43)/t26-/m1/s1. The summed E-state index contributed by atoms with van der Waals surface area (Å²) in [5, 5.41) is 9.13. The number of anilines is 1. The van der Waals surface area contributed by atoms with Crippen molar-refractivity contribution in [2.24, 2.45) is 0 Å². The number of benzene rings is 1. The van der Waals surface area contributed by atoms with Crippen molar-refractivity contribution in [3.63, 3.8) is 0 Å². The van der Waals surface area contributed by atoms with Crippen LogP contribution in [-0.2, 0) is 20.7 Å². The number of carbonyl (C=O) groups is 3. The van der Waals surface area contributed by atoms with Crippen molar-refractivity contribution >= 4 is 23.6 Å². The minimum absolute atomic E-state index is 0.0275. The van der Waals surface area contributed by atoms with E-state index in [4.69, 9.17) is 18.9 Å². The van der Waals surface area contributed by atoms with Crippen molar-refractivity contribution in [3.8, 4) is 28.4 Å². The summed E-state index contributed by atoms with van der Waals surface area (Å²) >= 11 is 0. The van der Waals surface area contributed by atoms with Crippen molar-refractivity contribution in [2.45, 2.75) is 83.9 Å². The van der Waals surface area contributed by atoms with Gasteiger partial charge in [0, 0.05) is 44.6 Å². The van der Waals surface area contributed by atoms with Crippen LogP contribution in [-0.4, -0.2) is 75.4 Å². The second-order valence-electron chi connectivity index (χ2n) is 12.9. The number of alkyl carbamates (subject to hydrolysis) is 1. The zero-order chi connectivity index (χ0) is 34.3. The fourth-order valence-corrected chi connectivity index (χ4v) is 6.22. The Bertz CT molecular complexity index is 1530. The van der Waals surface area contributed by atoms with Gasteiger partial charge in [0.05, 0.1) is 33.1 Å². The van der Waals surface area contributed by atoms with E-state index >= 15 is 0 Å². The van der Waals surface area contributed by atoms with E-state index in [-0.39, 0.29) is 23.3 Å². The van der Waals surface area contributed by atoms with Gasteiger partial charge in [-0.2, -0.15) is 0 Å². The first-order chi connectivity index (χ1) is 22.3. The van der Waals surface area contributed by atoms with E-state index in [2.05, 4.69) is 16.0 Å². The van der Waals surface area contributed by atoms with E-state index in [1.807, 2.05) is 37.8 Å². The van der Waals surface area contributed by atoms with Crippen LogP contribution in [0.15, 0.2) is 29.1 Å². The molecule has 12 heteroatoms. The number of fused-ring (bicyclic) bond motifs is 3. The molecule has 0 radical (unpaired) electrons. The molecule has 1 aliphatic heterocycles. The van der Waals surface area contributed by atoms with Gasteiger partial charge in [0.15, 0.2) is 11.5 Å². The molecule has 12 nitrogen and oxygen atoms in total.